The zero-order valence-electron chi connectivity index (χ0n) is 32.1. The molecule has 0 atom stereocenters. The second-order valence-electron chi connectivity index (χ2n) is 13.8. The lowest BCUT2D eigenvalue weighted by atomic mass is 10.1. The van der Waals surface area contributed by atoms with E-state index in [1.165, 1.54) is 134 Å². The monoisotopic (exact) mass is 665 g/mol. The van der Waals surface area contributed by atoms with Crippen molar-refractivity contribution in [3.05, 3.63) is 66.3 Å². The second kappa shape index (κ2) is 34.5. The van der Waals surface area contributed by atoms with E-state index < -0.39 is 0 Å². The minimum Gasteiger partial charge on any atom is -0.478 e. The number of hydrogen-bond acceptors (Lipinski definition) is 4. The summed E-state index contributed by atoms with van der Waals surface area (Å²) in [6, 6.07) is 4.15. The number of hydrogen-bond donors (Lipinski definition) is 0. The number of nitrogens with zero attached hydrogens (tertiary/aromatic N) is 2. The highest BCUT2D eigenvalue weighted by molar-refractivity contribution is 5.28. The van der Waals surface area contributed by atoms with Gasteiger partial charge in [-0.2, -0.15) is 4.98 Å². The van der Waals surface area contributed by atoms with Gasteiger partial charge in [-0.05, 0) is 96.7 Å². The molecule has 0 aliphatic heterocycles. The van der Waals surface area contributed by atoms with Crippen molar-refractivity contribution in [1.82, 2.24) is 9.88 Å². The maximum atomic E-state index is 6.09. The number of aromatic nitrogens is 1. The maximum absolute atomic E-state index is 6.09. The van der Waals surface area contributed by atoms with Crippen molar-refractivity contribution in [2.75, 3.05) is 27.3 Å². The summed E-state index contributed by atoms with van der Waals surface area (Å²) >= 11 is 0. The van der Waals surface area contributed by atoms with Crippen molar-refractivity contribution in [1.29, 1.82) is 0 Å². The molecule has 1 aromatic heterocycles. The molecule has 0 amide bonds. The summed E-state index contributed by atoms with van der Waals surface area (Å²) < 4.78 is 12.2. The largest absolute Gasteiger partial charge is 0.478 e. The molecular weight excluding hydrogens is 588 g/mol. The van der Waals surface area contributed by atoms with E-state index in [9.17, 15) is 0 Å². The summed E-state index contributed by atoms with van der Waals surface area (Å²) in [5, 5.41) is 0. The standard InChI is InChI=1S/C44H76N2O2/c1-5-7-9-11-13-15-17-19-21-23-25-27-29-31-33-35-37-47-43-39-42(41-46(3)4)40-44(45-43)48-38-36-34-32-30-28-26-24-22-20-18-16-14-12-10-8-6-2/h13-16,19-22,39-40H,5-12,17-18,23-38,41H2,1-4H3. The summed E-state index contributed by atoms with van der Waals surface area (Å²) in [4.78, 5) is 6.85. The third kappa shape index (κ3) is 29.8. The van der Waals surface area contributed by atoms with Crippen LogP contribution in [0.5, 0.6) is 11.8 Å². The molecule has 4 heteroatoms. The number of ether oxygens (including phenoxy) is 2. The van der Waals surface area contributed by atoms with E-state index >= 15 is 0 Å². The van der Waals surface area contributed by atoms with Crippen LogP contribution in [0.1, 0.15) is 174 Å². The van der Waals surface area contributed by atoms with Crippen molar-refractivity contribution in [3.63, 3.8) is 0 Å². The fourth-order valence-electron chi connectivity index (χ4n) is 5.67. The molecule has 1 heterocycles. The Kier molecular flexibility index (Phi) is 31.4. The Morgan fingerprint density at radius 1 is 0.479 bits per heavy atom. The number of rotatable bonds is 34. The smallest absolute Gasteiger partial charge is 0.216 e. The Labute approximate surface area is 298 Å². The Morgan fingerprint density at radius 2 is 0.833 bits per heavy atom. The fraction of sp³-hybridized carbons (Fsp3) is 0.705. The highest BCUT2D eigenvalue weighted by Crippen LogP contribution is 2.20. The molecule has 0 aliphatic rings. The van der Waals surface area contributed by atoms with Crippen LogP contribution in [-0.2, 0) is 6.54 Å². The van der Waals surface area contributed by atoms with Gasteiger partial charge in [-0.1, -0.05) is 140 Å². The van der Waals surface area contributed by atoms with E-state index in [4.69, 9.17) is 9.47 Å². The molecule has 1 aromatic rings. The fourth-order valence-corrected chi connectivity index (χ4v) is 5.67. The average molecular weight is 665 g/mol. The summed E-state index contributed by atoms with van der Waals surface area (Å²) in [6.45, 7) is 6.82. The minimum atomic E-state index is 0.698. The van der Waals surface area contributed by atoms with Gasteiger partial charge in [0.15, 0.2) is 0 Å². The predicted octanol–water partition coefficient (Wildman–Crippen LogP) is 13.5. The molecule has 0 fully saturated rings. The third-order valence-electron chi connectivity index (χ3n) is 8.53. The molecule has 4 nitrogen and oxygen atoms in total. The minimum absolute atomic E-state index is 0.698. The molecule has 0 saturated heterocycles. The Hall–Kier alpha value is -2.33. The van der Waals surface area contributed by atoms with E-state index in [1.807, 2.05) is 0 Å². The van der Waals surface area contributed by atoms with Crippen molar-refractivity contribution in [2.45, 2.75) is 174 Å². The molecule has 274 valence electrons. The van der Waals surface area contributed by atoms with Gasteiger partial charge in [0.25, 0.3) is 0 Å². The van der Waals surface area contributed by atoms with Crippen molar-refractivity contribution in [2.24, 2.45) is 0 Å². The summed E-state index contributed by atoms with van der Waals surface area (Å²) in [5.74, 6) is 1.40. The highest BCUT2D eigenvalue weighted by Gasteiger charge is 2.07. The topological polar surface area (TPSA) is 34.6 Å². The zero-order valence-corrected chi connectivity index (χ0v) is 32.1. The first-order chi connectivity index (χ1) is 23.7. The molecule has 48 heavy (non-hydrogen) atoms. The van der Waals surface area contributed by atoms with Crippen LogP contribution in [0.15, 0.2) is 60.7 Å². The molecule has 0 unspecified atom stereocenters. The van der Waals surface area contributed by atoms with Crippen LogP contribution in [0.25, 0.3) is 0 Å². The van der Waals surface area contributed by atoms with Crippen molar-refractivity contribution >= 4 is 0 Å². The Morgan fingerprint density at radius 3 is 1.21 bits per heavy atom. The first-order valence-electron chi connectivity index (χ1n) is 20.2. The van der Waals surface area contributed by atoms with E-state index in [-0.39, 0.29) is 0 Å². The van der Waals surface area contributed by atoms with Gasteiger partial charge in [-0.25, -0.2) is 0 Å². The van der Waals surface area contributed by atoms with Crippen LogP contribution >= 0.6 is 0 Å². The summed E-state index contributed by atoms with van der Waals surface area (Å²) in [5.41, 5.74) is 1.19. The third-order valence-corrected chi connectivity index (χ3v) is 8.53. The molecule has 0 spiro atoms. The van der Waals surface area contributed by atoms with Crippen LogP contribution in [0.4, 0.5) is 0 Å². The molecular formula is C44H76N2O2. The van der Waals surface area contributed by atoms with Gasteiger partial charge in [0, 0.05) is 18.7 Å². The van der Waals surface area contributed by atoms with E-state index in [0.717, 1.165) is 45.4 Å². The van der Waals surface area contributed by atoms with Crippen LogP contribution in [0, 0.1) is 0 Å². The van der Waals surface area contributed by atoms with E-state index in [2.05, 4.69) is 98.6 Å². The Balaban J connectivity index is 2.13. The molecule has 1 rings (SSSR count). The molecule has 0 radical (unpaired) electrons. The predicted molar refractivity (Wildman–Crippen MR) is 211 cm³/mol. The summed E-state index contributed by atoms with van der Waals surface area (Å²) in [6.07, 6.45) is 48.7. The lowest BCUT2D eigenvalue weighted by molar-refractivity contribution is 0.267. The van der Waals surface area contributed by atoms with Gasteiger partial charge in [0.2, 0.25) is 11.8 Å². The zero-order chi connectivity index (χ0) is 34.6. The van der Waals surface area contributed by atoms with Gasteiger partial charge in [-0.15, -0.1) is 0 Å². The van der Waals surface area contributed by atoms with Crippen molar-refractivity contribution in [3.8, 4) is 11.8 Å². The van der Waals surface area contributed by atoms with Crippen LogP contribution < -0.4 is 9.47 Å². The first kappa shape index (κ1) is 43.7. The van der Waals surface area contributed by atoms with Crippen molar-refractivity contribution < 1.29 is 9.47 Å². The van der Waals surface area contributed by atoms with Crippen LogP contribution in [0.2, 0.25) is 0 Å². The quantitative estimate of drug-likeness (QED) is 0.0542. The second-order valence-corrected chi connectivity index (χ2v) is 13.8. The van der Waals surface area contributed by atoms with E-state index in [1.54, 1.807) is 0 Å². The lowest BCUT2D eigenvalue weighted by Crippen LogP contribution is -2.12. The van der Waals surface area contributed by atoms with Crippen LogP contribution in [-0.4, -0.2) is 37.2 Å². The highest BCUT2D eigenvalue weighted by atomic mass is 16.5. The Bertz CT molecular complexity index is 881. The van der Waals surface area contributed by atoms with Crippen LogP contribution in [0.3, 0.4) is 0 Å². The molecule has 0 aromatic carbocycles. The van der Waals surface area contributed by atoms with E-state index in [0.29, 0.717) is 11.8 Å². The molecule has 0 aliphatic carbocycles. The SMILES string of the molecule is CCCCCC=CCC=CCCCCCCCCOc1cc(CN(C)C)cc(OCCCCCCCCC=CCC=CCCCCC)n1. The van der Waals surface area contributed by atoms with Gasteiger partial charge in [0.05, 0.1) is 13.2 Å². The number of pyridine rings is 1. The molecule has 0 saturated carbocycles. The normalized spacial score (nSPS) is 12.2. The van der Waals surface area contributed by atoms with Gasteiger partial charge in [0.1, 0.15) is 0 Å². The maximum Gasteiger partial charge on any atom is 0.216 e. The van der Waals surface area contributed by atoms with Gasteiger partial charge in [-0.3, -0.25) is 0 Å². The lowest BCUT2D eigenvalue weighted by Gasteiger charge is -2.14. The first-order valence-corrected chi connectivity index (χ1v) is 20.2. The van der Waals surface area contributed by atoms with Gasteiger partial charge >= 0.3 is 0 Å². The average Bonchev–Trinajstić information content (AvgIpc) is 3.07. The number of allylic oxidation sites excluding steroid dienone is 8. The van der Waals surface area contributed by atoms with Gasteiger partial charge < -0.3 is 14.4 Å². The summed E-state index contributed by atoms with van der Waals surface area (Å²) in [7, 11) is 4.19. The molecule has 0 N–H and O–H groups in total. The molecule has 0 bridgehead atoms. The number of unbranched alkanes of at least 4 members (excludes halogenated alkanes) is 18.